The number of amides is 2. The highest BCUT2D eigenvalue weighted by molar-refractivity contribution is 9.10. The zero-order chi connectivity index (χ0) is 30.8. The van der Waals surface area contributed by atoms with Crippen molar-refractivity contribution < 1.29 is 34.0 Å². The van der Waals surface area contributed by atoms with Crippen molar-refractivity contribution >= 4 is 52.3 Å². The van der Waals surface area contributed by atoms with Gasteiger partial charge in [0.1, 0.15) is 5.75 Å². The number of phenolic OH excluding ortho intramolecular Hbond substituents is 1. The molecule has 0 spiro atoms. The van der Waals surface area contributed by atoms with Gasteiger partial charge in [0, 0.05) is 29.3 Å². The van der Waals surface area contributed by atoms with Crippen LogP contribution in [0, 0.1) is 27.9 Å². The van der Waals surface area contributed by atoms with Crippen molar-refractivity contribution in [2.24, 2.45) is 17.8 Å². The Kier molecular flexibility index (Phi) is 9.50. The van der Waals surface area contributed by atoms with E-state index in [-0.39, 0.29) is 30.1 Å². The number of non-ortho nitro benzene ring substituents is 1. The molecule has 2 fully saturated rings. The van der Waals surface area contributed by atoms with Gasteiger partial charge in [0.2, 0.25) is 11.8 Å². The van der Waals surface area contributed by atoms with Crippen LogP contribution >= 0.6 is 15.9 Å². The SMILES string of the molecule is CCC/C(=C\c1cc(Br)ccc1O)CC[C@H]1OB(O)C[C@H]2C1=C(COC)C[C@H]1C(=O)N(c3cccc([N+](=O)[O-])c3)C(=O)[C@H]12. The molecule has 1 aliphatic carbocycles. The molecule has 0 saturated carbocycles. The largest absolute Gasteiger partial charge is 0.507 e. The normalized spacial score (nSPS) is 24.0. The molecule has 5 rings (SSSR count). The molecule has 0 aromatic heterocycles. The standard InChI is InChI=1S/C31H34BBrN2O8/c1-3-5-18(12-19-13-21(33)9-10-26(19)36)8-11-27-28-20(17-42-2)14-24-29(25(28)16-32(39)43-27)31(38)34(30(24)37)22-6-4-7-23(15-22)35(40)41/h4,6-7,9-10,12-13,15,24-25,27,29,36,39H,3,5,8,11,14,16-17H2,1-2H3/b18-12+/t24-,25+,27-,29-/m1/s1. The number of anilines is 1. The van der Waals surface area contributed by atoms with Crippen LogP contribution in [0.3, 0.4) is 0 Å². The third kappa shape index (κ3) is 6.33. The summed E-state index contributed by atoms with van der Waals surface area (Å²) in [6.45, 7) is 2.34. The van der Waals surface area contributed by atoms with Crippen LogP contribution in [0.5, 0.6) is 5.75 Å². The van der Waals surface area contributed by atoms with E-state index in [2.05, 4.69) is 22.9 Å². The van der Waals surface area contributed by atoms with Gasteiger partial charge in [-0.3, -0.25) is 19.7 Å². The minimum absolute atomic E-state index is 0.158. The maximum Gasteiger partial charge on any atom is 0.455 e. The Morgan fingerprint density at radius 1 is 1.21 bits per heavy atom. The number of benzene rings is 2. The number of nitrogens with zero attached hydrogens (tertiary/aromatic N) is 2. The molecule has 10 nitrogen and oxygen atoms in total. The van der Waals surface area contributed by atoms with E-state index in [9.17, 15) is 29.8 Å². The predicted molar refractivity (Wildman–Crippen MR) is 165 cm³/mol. The minimum atomic E-state index is -1.12. The number of hydrogen-bond donors (Lipinski definition) is 2. The number of nitro benzene ring substituents is 1. The Hall–Kier alpha value is -3.32. The van der Waals surface area contributed by atoms with Gasteiger partial charge in [0.15, 0.2) is 0 Å². The van der Waals surface area contributed by atoms with E-state index in [0.717, 1.165) is 38.9 Å². The molecule has 2 aliphatic heterocycles. The minimum Gasteiger partial charge on any atom is -0.507 e. The lowest BCUT2D eigenvalue weighted by atomic mass is 9.58. The second kappa shape index (κ2) is 13.1. The average molecular weight is 653 g/mol. The highest BCUT2D eigenvalue weighted by Crippen LogP contribution is 2.51. The molecule has 2 N–H and O–H groups in total. The van der Waals surface area contributed by atoms with Gasteiger partial charge in [-0.1, -0.05) is 47.0 Å². The molecular formula is C31H34BBrN2O8. The number of phenols is 1. The fraction of sp³-hybridized carbons (Fsp3) is 0.419. The molecule has 0 radical (unpaired) electrons. The molecular weight excluding hydrogens is 619 g/mol. The quantitative estimate of drug-likeness (QED) is 0.110. The van der Waals surface area contributed by atoms with E-state index < -0.39 is 47.7 Å². The number of rotatable bonds is 10. The molecule has 4 atom stereocenters. The lowest BCUT2D eigenvalue weighted by Gasteiger charge is -2.43. The molecule has 0 bridgehead atoms. The summed E-state index contributed by atoms with van der Waals surface area (Å²) in [6, 6.07) is 10.8. The zero-order valence-electron chi connectivity index (χ0n) is 24.1. The van der Waals surface area contributed by atoms with Crippen molar-refractivity contribution in [2.75, 3.05) is 18.6 Å². The third-order valence-electron chi connectivity index (χ3n) is 8.57. The van der Waals surface area contributed by atoms with Gasteiger partial charge in [0.05, 0.1) is 35.2 Å². The van der Waals surface area contributed by atoms with Crippen LogP contribution in [0.2, 0.25) is 6.32 Å². The molecule has 2 heterocycles. The van der Waals surface area contributed by atoms with Crippen LogP contribution in [-0.2, 0) is 19.0 Å². The van der Waals surface area contributed by atoms with Gasteiger partial charge in [0.25, 0.3) is 5.69 Å². The number of fused-ring (bicyclic) bond motifs is 3. The van der Waals surface area contributed by atoms with Gasteiger partial charge in [-0.05, 0) is 73.3 Å². The Morgan fingerprint density at radius 3 is 2.72 bits per heavy atom. The lowest BCUT2D eigenvalue weighted by molar-refractivity contribution is -0.384. The van der Waals surface area contributed by atoms with Crippen molar-refractivity contribution in [2.45, 2.75) is 51.5 Å². The number of ether oxygens (including phenoxy) is 1. The molecule has 2 saturated heterocycles. The number of imide groups is 1. The fourth-order valence-corrected chi connectivity index (χ4v) is 7.22. The molecule has 3 aliphatic rings. The molecule has 43 heavy (non-hydrogen) atoms. The Morgan fingerprint density at radius 2 is 2.00 bits per heavy atom. The van der Waals surface area contributed by atoms with E-state index in [4.69, 9.17) is 9.39 Å². The number of allylic oxidation sites excluding steroid dienone is 1. The molecule has 2 aromatic carbocycles. The highest BCUT2D eigenvalue weighted by atomic mass is 79.9. The Labute approximate surface area is 258 Å². The van der Waals surface area contributed by atoms with Crippen LogP contribution in [0.15, 0.2) is 63.7 Å². The number of methoxy groups -OCH3 is 1. The molecule has 226 valence electrons. The number of nitro groups is 1. The van der Waals surface area contributed by atoms with E-state index in [1.807, 2.05) is 12.1 Å². The first-order valence-corrected chi connectivity index (χ1v) is 15.3. The van der Waals surface area contributed by atoms with Crippen molar-refractivity contribution in [3.8, 4) is 5.75 Å². The second-order valence-corrected chi connectivity index (χ2v) is 12.2. The van der Waals surface area contributed by atoms with Gasteiger partial charge < -0.3 is 19.5 Å². The summed E-state index contributed by atoms with van der Waals surface area (Å²) in [5, 5.41) is 32.6. The summed E-state index contributed by atoms with van der Waals surface area (Å²) in [5.74, 6) is -2.45. The first-order chi connectivity index (χ1) is 20.6. The number of carbonyl (C=O) groups excluding carboxylic acids is 2. The Bertz CT molecular complexity index is 1490. The van der Waals surface area contributed by atoms with Crippen LogP contribution < -0.4 is 4.90 Å². The number of aromatic hydroxyl groups is 1. The van der Waals surface area contributed by atoms with Gasteiger partial charge in [-0.2, -0.15) is 0 Å². The molecule has 0 unspecified atom stereocenters. The maximum atomic E-state index is 13.9. The van der Waals surface area contributed by atoms with Crippen molar-refractivity contribution in [3.05, 3.63) is 79.3 Å². The lowest BCUT2D eigenvalue weighted by Crippen LogP contribution is -2.46. The first-order valence-electron chi connectivity index (χ1n) is 14.5. The van der Waals surface area contributed by atoms with Crippen LogP contribution in [-0.4, -0.2) is 53.8 Å². The van der Waals surface area contributed by atoms with Crippen LogP contribution in [0.1, 0.15) is 44.6 Å². The second-order valence-electron chi connectivity index (χ2n) is 11.3. The van der Waals surface area contributed by atoms with E-state index in [0.29, 0.717) is 24.8 Å². The highest BCUT2D eigenvalue weighted by Gasteiger charge is 2.57. The van der Waals surface area contributed by atoms with Crippen molar-refractivity contribution in [1.82, 2.24) is 0 Å². The van der Waals surface area contributed by atoms with Gasteiger partial charge >= 0.3 is 7.12 Å². The number of carbonyl (C=O) groups is 2. The van der Waals surface area contributed by atoms with Crippen LogP contribution in [0.25, 0.3) is 6.08 Å². The zero-order valence-corrected chi connectivity index (χ0v) is 25.7. The summed E-state index contributed by atoms with van der Waals surface area (Å²) in [7, 11) is 0.454. The maximum absolute atomic E-state index is 13.9. The molecule has 2 amide bonds. The third-order valence-corrected chi connectivity index (χ3v) is 9.07. The number of halogens is 1. The van der Waals surface area contributed by atoms with E-state index in [1.54, 1.807) is 19.2 Å². The molecule has 12 heteroatoms. The number of hydrogen-bond acceptors (Lipinski definition) is 8. The fourth-order valence-electron chi connectivity index (χ4n) is 6.84. The monoisotopic (exact) mass is 652 g/mol. The van der Waals surface area contributed by atoms with Crippen LogP contribution in [0.4, 0.5) is 11.4 Å². The van der Waals surface area contributed by atoms with Crippen molar-refractivity contribution in [1.29, 1.82) is 0 Å². The van der Waals surface area contributed by atoms with Gasteiger partial charge in [-0.15, -0.1) is 0 Å². The summed E-state index contributed by atoms with van der Waals surface area (Å²) in [5.41, 5.74) is 3.57. The smallest absolute Gasteiger partial charge is 0.455 e. The molecule has 2 aromatic rings. The summed E-state index contributed by atoms with van der Waals surface area (Å²) in [4.78, 5) is 39.5. The van der Waals surface area contributed by atoms with E-state index >= 15 is 0 Å². The van der Waals surface area contributed by atoms with E-state index in [1.165, 1.54) is 24.3 Å². The topological polar surface area (TPSA) is 139 Å². The predicted octanol–water partition coefficient (Wildman–Crippen LogP) is 5.67. The average Bonchev–Trinajstić information content (AvgIpc) is 3.22. The Balaban J connectivity index is 1.45. The summed E-state index contributed by atoms with van der Waals surface area (Å²) < 4.78 is 12.5. The van der Waals surface area contributed by atoms with Gasteiger partial charge in [-0.25, -0.2) is 4.90 Å². The first kappa shape index (κ1) is 31.1. The van der Waals surface area contributed by atoms with Crippen molar-refractivity contribution in [3.63, 3.8) is 0 Å². The summed E-state index contributed by atoms with van der Waals surface area (Å²) >= 11 is 3.46. The summed E-state index contributed by atoms with van der Waals surface area (Å²) in [6.07, 6.45) is 4.83.